The second kappa shape index (κ2) is 11.9. The Morgan fingerprint density at radius 1 is 0.750 bits per heavy atom. The molecule has 8 nitrogen and oxygen atoms in total. The topological polar surface area (TPSA) is 113 Å². The average Bonchev–Trinajstić information content (AvgIpc) is 2.90. The van der Waals surface area contributed by atoms with E-state index in [0.29, 0.717) is 5.69 Å². The predicted octanol–water partition coefficient (Wildman–Crippen LogP) is 6.25. The summed E-state index contributed by atoms with van der Waals surface area (Å²) in [5.74, 6) is -0.667. The van der Waals surface area contributed by atoms with Gasteiger partial charge in [0.2, 0.25) is 5.91 Å². The van der Waals surface area contributed by atoms with Crippen molar-refractivity contribution in [2.45, 2.75) is 23.6 Å². The number of aryl methyl sites for hydroxylation is 2. The molecule has 0 saturated carbocycles. The van der Waals surface area contributed by atoms with Crippen molar-refractivity contribution in [1.29, 1.82) is 0 Å². The predicted molar refractivity (Wildman–Crippen MR) is 159 cm³/mol. The second-order valence-corrected chi connectivity index (χ2v) is 13.3. The molecule has 0 heterocycles. The van der Waals surface area contributed by atoms with Crippen LogP contribution in [-0.4, -0.2) is 29.3 Å². The number of benzene rings is 4. The lowest BCUT2D eigenvalue weighted by Gasteiger charge is -2.24. The number of rotatable bonds is 9. The van der Waals surface area contributed by atoms with Gasteiger partial charge in [-0.1, -0.05) is 59.6 Å². The van der Waals surface area contributed by atoms with Crippen LogP contribution in [0.4, 0.5) is 17.1 Å². The van der Waals surface area contributed by atoms with Crippen LogP contribution < -0.4 is 14.3 Å². The van der Waals surface area contributed by atoms with Crippen LogP contribution in [0.2, 0.25) is 10.0 Å². The van der Waals surface area contributed by atoms with E-state index in [1.54, 1.807) is 18.2 Å². The Morgan fingerprint density at radius 3 is 1.90 bits per heavy atom. The molecule has 4 aromatic carbocycles. The molecule has 0 aromatic heterocycles. The van der Waals surface area contributed by atoms with E-state index in [9.17, 15) is 21.6 Å². The maximum Gasteiger partial charge on any atom is 0.264 e. The van der Waals surface area contributed by atoms with Crippen LogP contribution >= 0.6 is 23.2 Å². The molecule has 1 amide bonds. The van der Waals surface area contributed by atoms with Crippen molar-refractivity contribution in [1.82, 2.24) is 0 Å². The monoisotopic (exact) mass is 617 g/mol. The highest BCUT2D eigenvalue weighted by Crippen LogP contribution is 2.30. The molecule has 40 heavy (non-hydrogen) atoms. The fraction of sp³-hybridized carbons (Fsp3) is 0.107. The molecule has 0 bridgehead atoms. The van der Waals surface area contributed by atoms with E-state index in [0.717, 1.165) is 15.4 Å². The Labute approximate surface area is 243 Å². The van der Waals surface area contributed by atoms with Crippen LogP contribution in [0.1, 0.15) is 11.1 Å². The zero-order valence-corrected chi connectivity index (χ0v) is 24.6. The second-order valence-electron chi connectivity index (χ2n) is 8.90. The summed E-state index contributed by atoms with van der Waals surface area (Å²) >= 11 is 12.2. The minimum Gasteiger partial charge on any atom is -0.325 e. The number of carbonyl (C=O) groups excluding carboxylic acids is 1. The Kier molecular flexibility index (Phi) is 8.74. The summed E-state index contributed by atoms with van der Waals surface area (Å²) < 4.78 is 56.4. The van der Waals surface area contributed by atoms with Crippen LogP contribution in [-0.2, 0) is 24.8 Å². The fourth-order valence-corrected chi connectivity index (χ4v) is 7.08. The van der Waals surface area contributed by atoms with Crippen molar-refractivity contribution in [3.05, 3.63) is 112 Å². The lowest BCUT2D eigenvalue weighted by molar-refractivity contribution is -0.114. The van der Waals surface area contributed by atoms with Crippen LogP contribution in [0.15, 0.2) is 101 Å². The molecule has 0 aliphatic heterocycles. The standard InChI is InChI=1S/C28H25Cl2N3O5S2/c1-19-7-6-8-20(2)28(19)32-39(35,36)25-13-11-23(12-14-25)31-27(34)18-33(24-16-21(29)15-22(30)17-24)40(37,38)26-9-4-3-5-10-26/h3-17,32H,18H2,1-2H3,(H,31,34). The molecule has 0 aliphatic rings. The van der Waals surface area contributed by atoms with Crippen LogP contribution in [0, 0.1) is 13.8 Å². The van der Waals surface area contributed by atoms with E-state index in [1.165, 1.54) is 54.6 Å². The normalized spacial score (nSPS) is 11.6. The quantitative estimate of drug-likeness (QED) is 0.231. The van der Waals surface area contributed by atoms with Crippen molar-refractivity contribution in [2.75, 3.05) is 20.9 Å². The van der Waals surface area contributed by atoms with E-state index < -0.39 is 32.5 Å². The smallest absolute Gasteiger partial charge is 0.264 e. The molecule has 2 N–H and O–H groups in total. The third-order valence-corrected chi connectivity index (χ3v) is 9.51. The molecule has 0 atom stereocenters. The number of hydrogen-bond donors (Lipinski definition) is 2. The summed E-state index contributed by atoms with van der Waals surface area (Å²) in [6.45, 7) is 3.02. The largest absolute Gasteiger partial charge is 0.325 e. The number of nitrogens with zero attached hydrogens (tertiary/aromatic N) is 1. The molecule has 0 fully saturated rings. The van der Waals surface area contributed by atoms with Crippen molar-refractivity contribution in [3.8, 4) is 0 Å². The summed E-state index contributed by atoms with van der Waals surface area (Å²) in [7, 11) is -8.06. The van der Waals surface area contributed by atoms with Crippen molar-refractivity contribution in [2.24, 2.45) is 0 Å². The molecule has 208 valence electrons. The third kappa shape index (κ3) is 6.76. The lowest BCUT2D eigenvalue weighted by Crippen LogP contribution is -2.38. The van der Waals surface area contributed by atoms with Gasteiger partial charge in [-0.2, -0.15) is 0 Å². The van der Waals surface area contributed by atoms with Gasteiger partial charge in [-0.25, -0.2) is 16.8 Å². The highest BCUT2D eigenvalue weighted by molar-refractivity contribution is 7.93. The van der Waals surface area contributed by atoms with E-state index in [-0.39, 0.29) is 31.2 Å². The number of carbonyl (C=O) groups is 1. The number of nitrogens with one attached hydrogen (secondary N) is 2. The van der Waals surface area contributed by atoms with Gasteiger partial charge in [-0.3, -0.25) is 13.8 Å². The average molecular weight is 619 g/mol. The Balaban J connectivity index is 1.56. The van der Waals surface area contributed by atoms with Crippen LogP contribution in [0.25, 0.3) is 0 Å². The number of sulfonamides is 2. The number of anilines is 3. The maximum absolute atomic E-state index is 13.5. The van der Waals surface area contributed by atoms with E-state index in [1.807, 2.05) is 32.0 Å². The van der Waals surface area contributed by atoms with Crippen molar-refractivity contribution >= 4 is 66.2 Å². The molecule has 0 saturated heterocycles. The summed E-state index contributed by atoms with van der Waals surface area (Å²) in [5.41, 5.74) is 2.44. The summed E-state index contributed by atoms with van der Waals surface area (Å²) in [4.78, 5) is 13.0. The van der Waals surface area contributed by atoms with Crippen LogP contribution in [0.5, 0.6) is 0 Å². The van der Waals surface area contributed by atoms with Gasteiger partial charge in [0, 0.05) is 15.7 Å². The molecule has 0 unspecified atom stereocenters. The third-order valence-electron chi connectivity index (χ3n) is 5.92. The van der Waals surface area contributed by atoms with Gasteiger partial charge in [-0.15, -0.1) is 0 Å². The zero-order chi connectivity index (χ0) is 29.1. The van der Waals surface area contributed by atoms with Gasteiger partial charge >= 0.3 is 0 Å². The molecule has 4 rings (SSSR count). The number of hydrogen-bond acceptors (Lipinski definition) is 5. The molecule has 12 heteroatoms. The summed E-state index contributed by atoms with van der Waals surface area (Å²) in [6.07, 6.45) is 0. The molecular weight excluding hydrogens is 593 g/mol. The van der Waals surface area contributed by atoms with Gasteiger partial charge in [0.1, 0.15) is 6.54 Å². The van der Waals surface area contributed by atoms with Gasteiger partial charge in [0.15, 0.2) is 0 Å². The Morgan fingerprint density at radius 2 is 1.32 bits per heavy atom. The van der Waals surface area contributed by atoms with E-state index >= 15 is 0 Å². The number of halogens is 2. The SMILES string of the molecule is Cc1cccc(C)c1NS(=O)(=O)c1ccc(NC(=O)CN(c2cc(Cl)cc(Cl)c2)S(=O)(=O)c2ccccc2)cc1. The lowest BCUT2D eigenvalue weighted by atomic mass is 10.1. The van der Waals surface area contributed by atoms with Gasteiger partial charge in [0.05, 0.1) is 21.2 Å². The van der Waals surface area contributed by atoms with Gasteiger partial charge < -0.3 is 5.32 Å². The van der Waals surface area contributed by atoms with Crippen LogP contribution in [0.3, 0.4) is 0 Å². The highest BCUT2D eigenvalue weighted by Gasteiger charge is 2.28. The zero-order valence-electron chi connectivity index (χ0n) is 21.4. The first-order valence-corrected chi connectivity index (χ1v) is 15.6. The minimum absolute atomic E-state index is 0.00463. The first-order valence-electron chi connectivity index (χ1n) is 11.9. The van der Waals surface area contributed by atoms with E-state index in [2.05, 4.69) is 10.0 Å². The fourth-order valence-electron chi connectivity index (χ4n) is 3.94. The Hall–Kier alpha value is -3.57. The molecule has 0 aliphatic carbocycles. The minimum atomic E-state index is -4.17. The summed E-state index contributed by atoms with van der Waals surface area (Å²) in [5, 5.41) is 3.01. The number of para-hydroxylation sites is 1. The van der Waals surface area contributed by atoms with Gasteiger partial charge in [-0.05, 0) is 79.6 Å². The molecular formula is C28H25Cl2N3O5S2. The van der Waals surface area contributed by atoms with Gasteiger partial charge in [0.25, 0.3) is 20.0 Å². The molecule has 0 spiro atoms. The molecule has 0 radical (unpaired) electrons. The Bertz CT molecular complexity index is 1720. The molecule has 4 aromatic rings. The highest BCUT2D eigenvalue weighted by atomic mass is 35.5. The van der Waals surface area contributed by atoms with E-state index in [4.69, 9.17) is 23.2 Å². The maximum atomic E-state index is 13.5. The first-order chi connectivity index (χ1) is 18.9. The van der Waals surface area contributed by atoms with Crippen molar-refractivity contribution in [3.63, 3.8) is 0 Å². The van der Waals surface area contributed by atoms with Crippen molar-refractivity contribution < 1.29 is 21.6 Å². The summed E-state index contributed by atoms with van der Waals surface area (Å²) in [6, 6.07) is 22.9. The number of amides is 1. The first kappa shape index (κ1) is 29.4.